The van der Waals surface area contributed by atoms with Crippen molar-refractivity contribution in [2.75, 3.05) is 24.5 Å². The average molecular weight is 298 g/mol. The molecule has 0 aromatic heterocycles. The first-order valence-corrected chi connectivity index (χ1v) is 8.30. The van der Waals surface area contributed by atoms with Crippen LogP contribution in [0.1, 0.15) is 25.8 Å². The molecule has 0 bridgehead atoms. The molecule has 22 heavy (non-hydrogen) atoms. The highest BCUT2D eigenvalue weighted by atomic mass is 15.2. The smallest absolute Gasteiger partial charge is 0.191 e. The highest BCUT2D eigenvalue weighted by Gasteiger charge is 2.33. The first-order chi connectivity index (χ1) is 10.8. The Labute approximate surface area is 133 Å². The summed E-state index contributed by atoms with van der Waals surface area (Å²) in [6, 6.07) is 9.30. The van der Waals surface area contributed by atoms with Crippen LogP contribution in [0.4, 0.5) is 5.69 Å². The molecule has 1 fully saturated rings. The molecule has 0 saturated heterocycles. The zero-order valence-electron chi connectivity index (χ0n) is 13.5. The minimum atomic E-state index is 0.597. The summed E-state index contributed by atoms with van der Waals surface area (Å²) >= 11 is 0. The van der Waals surface area contributed by atoms with E-state index in [0.29, 0.717) is 12.6 Å². The van der Waals surface area contributed by atoms with Crippen molar-refractivity contribution in [2.24, 2.45) is 10.9 Å². The van der Waals surface area contributed by atoms with E-state index in [2.05, 4.69) is 65.8 Å². The van der Waals surface area contributed by atoms with Gasteiger partial charge < -0.3 is 15.5 Å². The fourth-order valence-electron chi connectivity index (χ4n) is 2.73. The van der Waals surface area contributed by atoms with Gasteiger partial charge in [0, 0.05) is 31.4 Å². The third-order valence-corrected chi connectivity index (χ3v) is 4.29. The molecular formula is C18H26N4. The molecule has 0 spiro atoms. The van der Waals surface area contributed by atoms with Crippen molar-refractivity contribution in [2.45, 2.75) is 32.9 Å². The number of nitrogens with one attached hydrogen (secondary N) is 2. The minimum Gasteiger partial charge on any atom is -0.364 e. The number of hydrogen-bond donors (Lipinski definition) is 2. The van der Waals surface area contributed by atoms with Gasteiger partial charge in [-0.2, -0.15) is 0 Å². The summed E-state index contributed by atoms with van der Waals surface area (Å²) in [5, 5.41) is 6.83. The molecule has 1 heterocycles. The maximum absolute atomic E-state index is 4.73. The fourth-order valence-corrected chi connectivity index (χ4v) is 2.73. The molecule has 1 aromatic rings. The molecule has 0 radical (unpaired) electrons. The van der Waals surface area contributed by atoms with Gasteiger partial charge in [0.2, 0.25) is 0 Å². The van der Waals surface area contributed by atoms with E-state index >= 15 is 0 Å². The molecular weight excluding hydrogens is 272 g/mol. The Bertz CT molecular complexity index is 556. The summed E-state index contributed by atoms with van der Waals surface area (Å²) in [4.78, 5) is 7.09. The van der Waals surface area contributed by atoms with Crippen molar-refractivity contribution >= 4 is 11.6 Å². The summed E-state index contributed by atoms with van der Waals surface area (Å²) in [5.74, 6) is 1.71. The molecule has 0 amide bonds. The van der Waals surface area contributed by atoms with E-state index in [1.54, 1.807) is 0 Å². The lowest BCUT2D eigenvalue weighted by molar-refractivity contribution is 0.766. The second-order valence-electron chi connectivity index (χ2n) is 6.21. The van der Waals surface area contributed by atoms with E-state index in [1.807, 2.05) is 0 Å². The lowest BCUT2D eigenvalue weighted by Gasteiger charge is -2.18. The summed E-state index contributed by atoms with van der Waals surface area (Å²) in [7, 11) is 0. The third kappa shape index (κ3) is 3.81. The summed E-state index contributed by atoms with van der Waals surface area (Å²) in [6.07, 6.45) is 5.69. The normalized spacial score (nSPS) is 23.7. The molecule has 1 aliphatic carbocycles. The van der Waals surface area contributed by atoms with Crippen molar-refractivity contribution in [1.82, 2.24) is 10.6 Å². The second kappa shape index (κ2) is 6.86. The van der Waals surface area contributed by atoms with Crippen LogP contribution < -0.4 is 15.5 Å². The van der Waals surface area contributed by atoms with Crippen LogP contribution in [0.5, 0.6) is 0 Å². The van der Waals surface area contributed by atoms with Crippen LogP contribution >= 0.6 is 0 Å². The summed E-state index contributed by atoms with van der Waals surface area (Å²) in [6.45, 7) is 8.01. The Morgan fingerprint density at radius 1 is 1.32 bits per heavy atom. The van der Waals surface area contributed by atoms with Crippen molar-refractivity contribution in [3.05, 3.63) is 42.0 Å². The number of benzene rings is 1. The number of rotatable bonds is 5. The molecule has 2 atom stereocenters. The molecule has 1 aromatic carbocycles. The van der Waals surface area contributed by atoms with Gasteiger partial charge in [0.25, 0.3) is 0 Å². The number of guanidine groups is 1. The quantitative estimate of drug-likeness (QED) is 0.498. The van der Waals surface area contributed by atoms with Crippen LogP contribution in [0, 0.1) is 5.92 Å². The lowest BCUT2D eigenvalue weighted by Crippen LogP contribution is -2.39. The largest absolute Gasteiger partial charge is 0.364 e. The van der Waals surface area contributed by atoms with Gasteiger partial charge in [-0.3, -0.25) is 0 Å². The van der Waals surface area contributed by atoms with Gasteiger partial charge in [0.05, 0.1) is 6.54 Å². The van der Waals surface area contributed by atoms with Crippen molar-refractivity contribution in [3.8, 4) is 0 Å². The Hall–Kier alpha value is -1.97. The van der Waals surface area contributed by atoms with E-state index < -0.39 is 0 Å². The summed E-state index contributed by atoms with van der Waals surface area (Å²) in [5.41, 5.74) is 2.54. The van der Waals surface area contributed by atoms with E-state index in [0.717, 1.165) is 31.5 Å². The maximum Gasteiger partial charge on any atom is 0.191 e. The van der Waals surface area contributed by atoms with Gasteiger partial charge in [0.15, 0.2) is 5.96 Å². The van der Waals surface area contributed by atoms with E-state index in [9.17, 15) is 0 Å². The first-order valence-electron chi connectivity index (χ1n) is 8.30. The maximum atomic E-state index is 4.73. The zero-order chi connectivity index (χ0) is 15.4. The molecule has 1 aliphatic heterocycles. The second-order valence-corrected chi connectivity index (χ2v) is 6.21. The van der Waals surface area contributed by atoms with Gasteiger partial charge >= 0.3 is 0 Å². The minimum absolute atomic E-state index is 0.597. The van der Waals surface area contributed by atoms with Crippen molar-refractivity contribution in [1.29, 1.82) is 0 Å². The molecule has 3 rings (SSSR count). The highest BCUT2D eigenvalue weighted by Crippen LogP contribution is 2.28. The third-order valence-electron chi connectivity index (χ3n) is 4.29. The highest BCUT2D eigenvalue weighted by molar-refractivity contribution is 5.80. The predicted octanol–water partition coefficient (Wildman–Crippen LogP) is 2.53. The number of anilines is 1. The molecule has 2 aliphatic rings. The van der Waals surface area contributed by atoms with Gasteiger partial charge in [-0.05, 0) is 37.0 Å². The van der Waals surface area contributed by atoms with Crippen molar-refractivity contribution < 1.29 is 0 Å². The number of aliphatic imine (C=N–C) groups is 1. The van der Waals surface area contributed by atoms with Gasteiger partial charge in [-0.15, -0.1) is 0 Å². The van der Waals surface area contributed by atoms with Gasteiger partial charge in [0.1, 0.15) is 0 Å². The molecule has 4 heteroatoms. The topological polar surface area (TPSA) is 39.7 Å². The van der Waals surface area contributed by atoms with Crippen LogP contribution in [0.15, 0.2) is 41.4 Å². The zero-order valence-corrected chi connectivity index (χ0v) is 13.5. The van der Waals surface area contributed by atoms with Crippen LogP contribution in [0.25, 0.3) is 0 Å². The Balaban J connectivity index is 1.63. The standard InChI is InChI=1S/C18H26N4/c1-3-19-18(21-17-11-14(17)2)20-13-15-7-6-8-16(12-15)22-9-4-5-10-22/h4-8,12,14,17H,3,9-11,13H2,1-2H3,(H2,19,20,21). The first kappa shape index (κ1) is 14.9. The molecule has 2 unspecified atom stereocenters. The fraction of sp³-hybridized carbons (Fsp3) is 0.500. The summed E-state index contributed by atoms with van der Waals surface area (Å²) < 4.78 is 0. The monoisotopic (exact) mass is 298 g/mol. The van der Waals surface area contributed by atoms with Crippen LogP contribution in [0.2, 0.25) is 0 Å². The molecule has 2 N–H and O–H groups in total. The number of hydrogen-bond acceptors (Lipinski definition) is 2. The molecule has 1 saturated carbocycles. The SMILES string of the molecule is CCNC(=NCc1cccc(N2CC=CC2)c1)NC1CC1C. The predicted molar refractivity (Wildman–Crippen MR) is 93.3 cm³/mol. The average Bonchev–Trinajstić information content (AvgIpc) is 3.02. The van der Waals surface area contributed by atoms with Crippen molar-refractivity contribution in [3.63, 3.8) is 0 Å². The molecule has 118 valence electrons. The van der Waals surface area contributed by atoms with Crippen LogP contribution in [0.3, 0.4) is 0 Å². The van der Waals surface area contributed by atoms with E-state index in [1.165, 1.54) is 17.7 Å². The Morgan fingerprint density at radius 3 is 2.77 bits per heavy atom. The van der Waals surface area contributed by atoms with Crippen LogP contribution in [-0.4, -0.2) is 31.6 Å². The Morgan fingerprint density at radius 2 is 2.09 bits per heavy atom. The number of nitrogens with zero attached hydrogens (tertiary/aromatic N) is 2. The van der Waals surface area contributed by atoms with Crippen LogP contribution in [-0.2, 0) is 6.54 Å². The molecule has 4 nitrogen and oxygen atoms in total. The van der Waals surface area contributed by atoms with Gasteiger partial charge in [-0.1, -0.05) is 31.2 Å². The van der Waals surface area contributed by atoms with E-state index in [4.69, 9.17) is 4.99 Å². The lowest BCUT2D eigenvalue weighted by atomic mass is 10.2. The Kier molecular flexibility index (Phi) is 4.66. The van der Waals surface area contributed by atoms with E-state index in [-0.39, 0.29) is 0 Å². The van der Waals surface area contributed by atoms with Gasteiger partial charge in [-0.25, -0.2) is 4.99 Å².